The Labute approximate surface area is 85.5 Å². The zero-order valence-electron chi connectivity index (χ0n) is 7.63. The fraction of sp³-hybridized carbons (Fsp3) is 0.429. The molecule has 0 fully saturated rings. The van der Waals surface area contributed by atoms with Crippen LogP contribution in [0.1, 0.15) is 11.5 Å². The summed E-state index contributed by atoms with van der Waals surface area (Å²) in [5.74, 6) is 1.08. The fourth-order valence-electron chi connectivity index (χ4n) is 1.11. The Morgan fingerprint density at radius 2 is 2.36 bits per heavy atom. The van der Waals surface area contributed by atoms with Crippen molar-refractivity contribution < 1.29 is 0 Å². The molecule has 0 aromatic carbocycles. The number of imidazole rings is 1. The minimum Gasteiger partial charge on any atom is -0.329 e. The van der Waals surface area contributed by atoms with Crippen LogP contribution in [0.25, 0.3) is 0 Å². The monoisotopic (exact) mass is 212 g/mol. The molecular formula is C7H9ClN6. The van der Waals surface area contributed by atoms with Gasteiger partial charge in [0, 0.05) is 6.20 Å². The van der Waals surface area contributed by atoms with Gasteiger partial charge in [-0.1, -0.05) is 0 Å². The van der Waals surface area contributed by atoms with E-state index in [4.69, 9.17) is 11.6 Å². The van der Waals surface area contributed by atoms with Gasteiger partial charge >= 0.3 is 0 Å². The van der Waals surface area contributed by atoms with Gasteiger partial charge in [-0.25, -0.2) is 4.98 Å². The van der Waals surface area contributed by atoms with Crippen molar-refractivity contribution in [1.29, 1.82) is 0 Å². The number of halogens is 1. The first-order chi connectivity index (χ1) is 6.78. The fourth-order valence-corrected chi connectivity index (χ4v) is 1.25. The summed E-state index contributed by atoms with van der Waals surface area (Å²) in [5, 5.41) is 11.7. The summed E-state index contributed by atoms with van der Waals surface area (Å²) in [6.07, 6.45) is 3.57. The van der Waals surface area contributed by atoms with Crippen LogP contribution >= 0.6 is 11.6 Å². The largest absolute Gasteiger partial charge is 0.329 e. The smallest absolute Gasteiger partial charge is 0.194 e. The van der Waals surface area contributed by atoms with Gasteiger partial charge in [0.05, 0.1) is 31.5 Å². The van der Waals surface area contributed by atoms with Gasteiger partial charge in [-0.05, 0) is 5.21 Å². The number of hydrogen-bond donors (Lipinski definition) is 0. The standard InChI is InChI=1S/C7H9ClN6/c1-13-11-7(10-12-13)4-14-3-6(2-8)9-5-14/h3,5H,2,4H2,1H3. The highest BCUT2D eigenvalue weighted by molar-refractivity contribution is 6.16. The third-order valence-corrected chi connectivity index (χ3v) is 1.97. The highest BCUT2D eigenvalue weighted by atomic mass is 35.5. The lowest BCUT2D eigenvalue weighted by molar-refractivity contribution is 0.625. The lowest BCUT2D eigenvalue weighted by atomic mass is 10.5. The van der Waals surface area contributed by atoms with Crippen LogP contribution < -0.4 is 0 Å². The molecule has 2 aromatic rings. The van der Waals surface area contributed by atoms with Crippen molar-refractivity contribution in [3.05, 3.63) is 24.0 Å². The molecule has 74 valence electrons. The molecule has 0 spiro atoms. The number of aromatic nitrogens is 6. The summed E-state index contributed by atoms with van der Waals surface area (Å²) in [4.78, 5) is 5.51. The molecule has 0 bridgehead atoms. The molecule has 0 aliphatic heterocycles. The summed E-state index contributed by atoms with van der Waals surface area (Å²) in [6.45, 7) is 0.567. The van der Waals surface area contributed by atoms with Gasteiger partial charge in [0.15, 0.2) is 5.82 Å². The van der Waals surface area contributed by atoms with E-state index < -0.39 is 0 Å². The van der Waals surface area contributed by atoms with E-state index in [2.05, 4.69) is 20.4 Å². The molecule has 0 aliphatic carbocycles. The number of nitrogens with zero attached hydrogens (tertiary/aromatic N) is 6. The van der Waals surface area contributed by atoms with Crippen molar-refractivity contribution >= 4 is 11.6 Å². The molecule has 0 saturated heterocycles. The van der Waals surface area contributed by atoms with Crippen molar-refractivity contribution in [1.82, 2.24) is 29.8 Å². The zero-order chi connectivity index (χ0) is 9.97. The van der Waals surface area contributed by atoms with E-state index in [1.807, 2.05) is 10.8 Å². The lowest BCUT2D eigenvalue weighted by Crippen LogP contribution is -1.99. The number of alkyl halides is 1. The second-order valence-corrected chi connectivity index (χ2v) is 3.13. The molecule has 2 aromatic heterocycles. The van der Waals surface area contributed by atoms with Gasteiger partial charge in [-0.2, -0.15) is 4.80 Å². The summed E-state index contributed by atoms with van der Waals surface area (Å²) in [5.41, 5.74) is 0.843. The highest BCUT2D eigenvalue weighted by Gasteiger charge is 2.02. The van der Waals surface area contributed by atoms with Gasteiger partial charge in [-0.3, -0.25) is 0 Å². The summed E-state index contributed by atoms with van der Waals surface area (Å²) < 4.78 is 1.87. The number of tetrazole rings is 1. The van der Waals surface area contributed by atoms with Crippen LogP contribution in [0.5, 0.6) is 0 Å². The van der Waals surface area contributed by atoms with Crippen LogP contribution in [-0.2, 0) is 19.5 Å². The van der Waals surface area contributed by atoms with Crippen molar-refractivity contribution in [3.8, 4) is 0 Å². The molecule has 0 unspecified atom stereocenters. The first kappa shape index (κ1) is 9.14. The van der Waals surface area contributed by atoms with E-state index in [0.717, 1.165) is 5.69 Å². The third kappa shape index (κ3) is 1.90. The average molecular weight is 213 g/mol. The van der Waals surface area contributed by atoms with Crippen molar-refractivity contribution in [3.63, 3.8) is 0 Å². The van der Waals surface area contributed by atoms with Crippen LogP contribution in [-0.4, -0.2) is 29.8 Å². The second-order valence-electron chi connectivity index (χ2n) is 2.87. The van der Waals surface area contributed by atoms with E-state index in [0.29, 0.717) is 18.2 Å². The number of hydrogen-bond acceptors (Lipinski definition) is 4. The number of rotatable bonds is 3. The first-order valence-electron chi connectivity index (χ1n) is 4.07. The van der Waals surface area contributed by atoms with Gasteiger partial charge in [0.1, 0.15) is 0 Å². The molecule has 0 radical (unpaired) electrons. The predicted molar refractivity (Wildman–Crippen MR) is 49.7 cm³/mol. The minimum absolute atomic E-state index is 0.418. The molecule has 0 amide bonds. The molecule has 0 N–H and O–H groups in total. The molecule has 6 nitrogen and oxygen atoms in total. The summed E-state index contributed by atoms with van der Waals surface area (Å²) >= 11 is 5.62. The van der Waals surface area contributed by atoms with Gasteiger partial charge in [-0.15, -0.1) is 21.8 Å². The van der Waals surface area contributed by atoms with Crippen LogP contribution in [0.3, 0.4) is 0 Å². The Bertz CT molecular complexity index is 419. The maximum atomic E-state index is 5.62. The van der Waals surface area contributed by atoms with Crippen LogP contribution in [0.15, 0.2) is 12.5 Å². The van der Waals surface area contributed by atoms with Gasteiger partial charge in [0.25, 0.3) is 0 Å². The third-order valence-electron chi connectivity index (χ3n) is 1.70. The Hall–Kier alpha value is -1.43. The van der Waals surface area contributed by atoms with E-state index in [-0.39, 0.29) is 0 Å². The van der Waals surface area contributed by atoms with E-state index in [1.54, 1.807) is 13.4 Å². The zero-order valence-corrected chi connectivity index (χ0v) is 8.39. The quantitative estimate of drug-likeness (QED) is 0.682. The Balaban J connectivity index is 2.10. The van der Waals surface area contributed by atoms with Crippen molar-refractivity contribution in [2.75, 3.05) is 0 Å². The van der Waals surface area contributed by atoms with Crippen molar-refractivity contribution in [2.24, 2.45) is 7.05 Å². The SMILES string of the molecule is Cn1nnc(Cn2cnc(CCl)c2)n1. The molecule has 7 heteroatoms. The van der Waals surface area contributed by atoms with Gasteiger partial charge in [0.2, 0.25) is 0 Å². The van der Waals surface area contributed by atoms with E-state index in [9.17, 15) is 0 Å². The molecule has 0 saturated carbocycles. The average Bonchev–Trinajstić information content (AvgIpc) is 2.76. The molecule has 2 rings (SSSR count). The summed E-state index contributed by atoms with van der Waals surface area (Å²) in [6, 6.07) is 0. The van der Waals surface area contributed by atoms with E-state index >= 15 is 0 Å². The Morgan fingerprint density at radius 3 is 2.93 bits per heavy atom. The first-order valence-corrected chi connectivity index (χ1v) is 4.61. The van der Waals surface area contributed by atoms with Crippen LogP contribution in [0, 0.1) is 0 Å². The Kier molecular flexibility index (Phi) is 2.45. The number of aryl methyl sites for hydroxylation is 1. The maximum absolute atomic E-state index is 5.62. The Morgan fingerprint density at radius 1 is 1.50 bits per heavy atom. The normalized spacial score (nSPS) is 10.7. The molecular weight excluding hydrogens is 204 g/mol. The summed E-state index contributed by atoms with van der Waals surface area (Å²) in [7, 11) is 1.73. The molecule has 14 heavy (non-hydrogen) atoms. The topological polar surface area (TPSA) is 61.4 Å². The van der Waals surface area contributed by atoms with Crippen LogP contribution in [0.4, 0.5) is 0 Å². The minimum atomic E-state index is 0.418. The predicted octanol–water partition coefficient (Wildman–Crippen LogP) is 0.194. The highest BCUT2D eigenvalue weighted by Crippen LogP contribution is 2.01. The van der Waals surface area contributed by atoms with Crippen LogP contribution in [0.2, 0.25) is 0 Å². The van der Waals surface area contributed by atoms with Crippen molar-refractivity contribution in [2.45, 2.75) is 12.4 Å². The second kappa shape index (κ2) is 3.75. The molecule has 0 aliphatic rings. The molecule has 2 heterocycles. The lowest BCUT2D eigenvalue weighted by Gasteiger charge is -1.94. The van der Waals surface area contributed by atoms with E-state index in [1.165, 1.54) is 4.80 Å². The molecule has 0 atom stereocenters. The van der Waals surface area contributed by atoms with Gasteiger partial charge < -0.3 is 4.57 Å². The maximum Gasteiger partial charge on any atom is 0.194 e.